The van der Waals surface area contributed by atoms with Crippen molar-refractivity contribution in [2.24, 2.45) is 0 Å². The summed E-state index contributed by atoms with van der Waals surface area (Å²) in [7, 11) is 0. The van der Waals surface area contributed by atoms with E-state index in [0.29, 0.717) is 12.8 Å². The number of hydrogen-bond donors (Lipinski definition) is 2. The van der Waals surface area contributed by atoms with E-state index in [2.05, 4.69) is 5.32 Å². The molecule has 24 heavy (non-hydrogen) atoms. The standard InChI is InChI=1S/C16H18F2N2O4/c1-9(22)19-6-11-7-20(15(23)24-11)10-4-12(17)14(13(18)5-10)16(8-21)2-3-16/h4-5,11,21H,2-3,6-8H2,1H3,(H,19,22). The third-order valence-corrected chi connectivity index (χ3v) is 4.48. The first-order valence-corrected chi connectivity index (χ1v) is 7.69. The van der Waals surface area contributed by atoms with Crippen LogP contribution in [0.4, 0.5) is 19.3 Å². The molecule has 2 amide bonds. The highest BCUT2D eigenvalue weighted by atomic mass is 19.1. The van der Waals surface area contributed by atoms with Crippen molar-refractivity contribution in [1.29, 1.82) is 0 Å². The van der Waals surface area contributed by atoms with Crippen LogP contribution in [0.25, 0.3) is 0 Å². The number of amides is 2. The number of carbonyl (C=O) groups excluding carboxylic acids is 2. The lowest BCUT2D eigenvalue weighted by molar-refractivity contribution is -0.119. The number of nitrogens with one attached hydrogen (secondary N) is 1. The van der Waals surface area contributed by atoms with Crippen LogP contribution in [0.3, 0.4) is 0 Å². The SMILES string of the molecule is CC(=O)NCC1CN(c2cc(F)c(C3(CO)CC3)c(F)c2)C(=O)O1. The third kappa shape index (κ3) is 2.93. The van der Waals surface area contributed by atoms with E-state index in [4.69, 9.17) is 4.74 Å². The number of nitrogens with zero attached hydrogens (tertiary/aromatic N) is 1. The van der Waals surface area contributed by atoms with E-state index in [0.717, 1.165) is 17.0 Å². The van der Waals surface area contributed by atoms with Gasteiger partial charge in [0.05, 0.1) is 25.4 Å². The molecule has 1 aromatic rings. The number of carbonyl (C=O) groups is 2. The van der Waals surface area contributed by atoms with Gasteiger partial charge in [0.15, 0.2) is 0 Å². The van der Waals surface area contributed by atoms with Crippen LogP contribution >= 0.6 is 0 Å². The maximum Gasteiger partial charge on any atom is 0.414 e. The average molecular weight is 340 g/mol. The monoisotopic (exact) mass is 340 g/mol. The Balaban J connectivity index is 1.80. The number of anilines is 1. The van der Waals surface area contributed by atoms with Crippen molar-refractivity contribution in [3.05, 3.63) is 29.3 Å². The minimum absolute atomic E-state index is 0.0535. The molecule has 0 bridgehead atoms. The molecule has 1 aliphatic heterocycles. The molecule has 1 heterocycles. The van der Waals surface area contributed by atoms with E-state index >= 15 is 0 Å². The van der Waals surface area contributed by atoms with Crippen LogP contribution in [0.1, 0.15) is 25.3 Å². The summed E-state index contributed by atoms with van der Waals surface area (Å²) in [5, 5.41) is 11.9. The van der Waals surface area contributed by atoms with E-state index in [1.165, 1.54) is 6.92 Å². The Morgan fingerprint density at radius 2 is 2.04 bits per heavy atom. The fourth-order valence-corrected chi connectivity index (χ4v) is 2.96. The van der Waals surface area contributed by atoms with E-state index in [1.54, 1.807) is 0 Å². The van der Waals surface area contributed by atoms with Gasteiger partial charge >= 0.3 is 6.09 Å². The molecule has 1 saturated heterocycles. The van der Waals surface area contributed by atoms with E-state index in [-0.39, 0.29) is 36.9 Å². The summed E-state index contributed by atoms with van der Waals surface area (Å²) in [5.74, 6) is -1.83. The maximum atomic E-state index is 14.4. The van der Waals surface area contributed by atoms with Crippen LogP contribution in [0.5, 0.6) is 0 Å². The molecule has 1 aromatic carbocycles. The number of benzene rings is 1. The summed E-state index contributed by atoms with van der Waals surface area (Å²) in [6, 6.07) is 2.16. The Morgan fingerprint density at radius 3 is 2.54 bits per heavy atom. The number of ether oxygens (including phenoxy) is 1. The zero-order valence-electron chi connectivity index (χ0n) is 13.1. The lowest BCUT2D eigenvalue weighted by atomic mass is 9.95. The lowest BCUT2D eigenvalue weighted by Gasteiger charge is -2.18. The molecule has 2 N–H and O–H groups in total. The molecule has 1 atom stereocenters. The van der Waals surface area contributed by atoms with Crippen LogP contribution in [0.2, 0.25) is 0 Å². The molecular formula is C16H18F2N2O4. The van der Waals surface area contributed by atoms with Gasteiger partial charge in [0.25, 0.3) is 0 Å². The Morgan fingerprint density at radius 1 is 1.42 bits per heavy atom. The Kier molecular flexibility index (Phi) is 4.16. The maximum absolute atomic E-state index is 14.4. The first-order chi connectivity index (χ1) is 11.4. The zero-order chi connectivity index (χ0) is 17.5. The smallest absolute Gasteiger partial charge is 0.414 e. The second-order valence-electron chi connectivity index (χ2n) is 6.28. The highest BCUT2D eigenvalue weighted by Gasteiger charge is 2.48. The molecule has 0 aromatic heterocycles. The highest BCUT2D eigenvalue weighted by Crippen LogP contribution is 2.50. The van der Waals surface area contributed by atoms with Crippen LogP contribution in [0, 0.1) is 11.6 Å². The predicted octanol–water partition coefficient (Wildman–Crippen LogP) is 1.45. The van der Waals surface area contributed by atoms with Gasteiger partial charge in [-0.2, -0.15) is 0 Å². The Labute approximate surface area is 137 Å². The second-order valence-corrected chi connectivity index (χ2v) is 6.28. The first-order valence-electron chi connectivity index (χ1n) is 7.69. The van der Waals surface area contributed by atoms with Crippen molar-refractivity contribution in [3.63, 3.8) is 0 Å². The molecular weight excluding hydrogens is 322 g/mol. The molecule has 3 rings (SSSR count). The summed E-state index contributed by atoms with van der Waals surface area (Å²) in [5.41, 5.74) is -0.916. The van der Waals surface area contributed by atoms with Crippen molar-refractivity contribution in [2.75, 3.05) is 24.6 Å². The van der Waals surface area contributed by atoms with Crippen molar-refractivity contribution in [3.8, 4) is 0 Å². The molecule has 1 saturated carbocycles. The van der Waals surface area contributed by atoms with Gasteiger partial charge in [0, 0.05) is 17.9 Å². The molecule has 130 valence electrons. The highest BCUT2D eigenvalue weighted by molar-refractivity contribution is 5.90. The molecule has 2 aliphatic rings. The van der Waals surface area contributed by atoms with Crippen LogP contribution in [-0.2, 0) is 14.9 Å². The average Bonchev–Trinajstić information content (AvgIpc) is 3.20. The fourth-order valence-electron chi connectivity index (χ4n) is 2.96. The number of halogens is 2. The Hall–Kier alpha value is -2.22. The summed E-state index contributed by atoms with van der Waals surface area (Å²) in [6.45, 7) is 1.24. The summed E-state index contributed by atoms with van der Waals surface area (Å²) < 4.78 is 33.8. The van der Waals surface area contributed by atoms with Gasteiger partial charge < -0.3 is 15.2 Å². The van der Waals surface area contributed by atoms with Gasteiger partial charge in [0.2, 0.25) is 5.91 Å². The van der Waals surface area contributed by atoms with E-state index in [1.807, 2.05) is 0 Å². The van der Waals surface area contributed by atoms with Gasteiger partial charge in [-0.05, 0) is 25.0 Å². The molecule has 1 aliphatic carbocycles. The molecule has 2 fully saturated rings. The van der Waals surface area contributed by atoms with Crippen molar-refractivity contribution >= 4 is 17.7 Å². The van der Waals surface area contributed by atoms with Crippen molar-refractivity contribution < 1.29 is 28.2 Å². The van der Waals surface area contributed by atoms with E-state index < -0.39 is 29.2 Å². The largest absolute Gasteiger partial charge is 0.442 e. The molecule has 0 radical (unpaired) electrons. The first kappa shape index (κ1) is 16.6. The van der Waals surface area contributed by atoms with E-state index in [9.17, 15) is 23.5 Å². The topological polar surface area (TPSA) is 78.9 Å². The number of aliphatic hydroxyl groups is 1. The van der Waals surface area contributed by atoms with Crippen LogP contribution in [-0.4, -0.2) is 42.9 Å². The Bertz CT molecular complexity index is 668. The van der Waals surface area contributed by atoms with Gasteiger partial charge in [-0.1, -0.05) is 0 Å². The molecule has 8 heteroatoms. The van der Waals surface area contributed by atoms with Crippen molar-refractivity contribution in [1.82, 2.24) is 5.32 Å². The quantitative estimate of drug-likeness (QED) is 0.850. The van der Waals surface area contributed by atoms with Crippen molar-refractivity contribution in [2.45, 2.75) is 31.3 Å². The predicted molar refractivity (Wildman–Crippen MR) is 80.7 cm³/mol. The number of aliphatic hydroxyl groups excluding tert-OH is 1. The van der Waals surface area contributed by atoms with Gasteiger partial charge in [-0.25, -0.2) is 13.6 Å². The molecule has 1 unspecified atom stereocenters. The second kappa shape index (κ2) is 6.01. The van der Waals surface area contributed by atoms with Crippen LogP contribution < -0.4 is 10.2 Å². The number of hydrogen-bond acceptors (Lipinski definition) is 4. The zero-order valence-corrected chi connectivity index (χ0v) is 13.1. The number of cyclic esters (lactones) is 1. The molecule has 6 nitrogen and oxygen atoms in total. The molecule has 0 spiro atoms. The summed E-state index contributed by atoms with van der Waals surface area (Å²) >= 11 is 0. The third-order valence-electron chi connectivity index (χ3n) is 4.48. The van der Waals surface area contributed by atoms with Gasteiger partial charge in [-0.15, -0.1) is 0 Å². The van der Waals surface area contributed by atoms with Gasteiger partial charge in [-0.3, -0.25) is 9.69 Å². The normalized spacial score (nSPS) is 21.6. The van der Waals surface area contributed by atoms with Crippen LogP contribution in [0.15, 0.2) is 12.1 Å². The minimum Gasteiger partial charge on any atom is -0.442 e. The lowest BCUT2D eigenvalue weighted by Crippen LogP contribution is -2.33. The number of rotatable bonds is 5. The summed E-state index contributed by atoms with van der Waals surface area (Å²) in [6.07, 6.45) is -0.248. The fraction of sp³-hybridized carbons (Fsp3) is 0.500. The minimum atomic E-state index is -0.841. The van der Waals surface area contributed by atoms with Gasteiger partial charge in [0.1, 0.15) is 17.7 Å². The summed E-state index contributed by atoms with van der Waals surface area (Å²) in [4.78, 5) is 23.9.